The highest BCUT2D eigenvalue weighted by Crippen LogP contribution is 2.11. The number of benzene rings is 1. The van der Waals surface area contributed by atoms with Gasteiger partial charge in [0.15, 0.2) is 4.77 Å². The van der Waals surface area contributed by atoms with Crippen LogP contribution in [-0.2, 0) is 11.3 Å². The molecule has 0 spiro atoms. The minimum atomic E-state index is -0.189. The van der Waals surface area contributed by atoms with E-state index in [2.05, 4.69) is 21.8 Å². The fourth-order valence-corrected chi connectivity index (χ4v) is 3.39. The molecule has 2 aromatic rings. The van der Waals surface area contributed by atoms with Crippen molar-refractivity contribution >= 4 is 29.0 Å². The molecule has 0 aliphatic carbocycles. The highest BCUT2D eigenvalue weighted by atomic mass is 32.1. The van der Waals surface area contributed by atoms with E-state index in [4.69, 9.17) is 17.0 Å². The molecule has 1 aromatic heterocycles. The van der Waals surface area contributed by atoms with Crippen LogP contribution in [0.25, 0.3) is 10.9 Å². The number of nitrogens with one attached hydrogen (secondary N) is 2. The van der Waals surface area contributed by atoms with E-state index in [-0.39, 0.29) is 11.5 Å². The van der Waals surface area contributed by atoms with E-state index in [9.17, 15) is 9.59 Å². The number of morpholine rings is 1. The molecule has 2 N–H and O–H groups in total. The highest BCUT2D eigenvalue weighted by Gasteiger charge is 2.11. The first kappa shape index (κ1) is 19.5. The molecule has 3 rings (SSSR count). The Kier molecular flexibility index (Phi) is 6.54. The summed E-state index contributed by atoms with van der Waals surface area (Å²) in [7, 11) is 0. The lowest BCUT2D eigenvalue weighted by Crippen LogP contribution is -2.38. The van der Waals surface area contributed by atoms with Gasteiger partial charge in [-0.3, -0.25) is 19.1 Å². The van der Waals surface area contributed by atoms with Crippen LogP contribution in [0.3, 0.4) is 0 Å². The third-order valence-electron chi connectivity index (χ3n) is 4.60. The van der Waals surface area contributed by atoms with Crippen LogP contribution in [0.5, 0.6) is 0 Å². The molecule has 0 radical (unpaired) electrons. The van der Waals surface area contributed by atoms with Crippen LogP contribution < -0.4 is 10.9 Å². The number of fused-ring (bicyclic) bond motifs is 1. The van der Waals surface area contributed by atoms with Crippen molar-refractivity contribution in [1.82, 2.24) is 19.8 Å². The summed E-state index contributed by atoms with van der Waals surface area (Å²) < 4.78 is 7.08. The van der Waals surface area contributed by atoms with E-state index < -0.39 is 0 Å². The molecule has 0 bridgehead atoms. The van der Waals surface area contributed by atoms with Crippen molar-refractivity contribution in [2.75, 3.05) is 39.4 Å². The van der Waals surface area contributed by atoms with Gasteiger partial charge in [0.1, 0.15) is 0 Å². The van der Waals surface area contributed by atoms with E-state index in [0.29, 0.717) is 34.3 Å². The summed E-state index contributed by atoms with van der Waals surface area (Å²) in [4.78, 5) is 30.2. The minimum absolute atomic E-state index is 0.159. The number of H-pyrrole nitrogens is 1. The van der Waals surface area contributed by atoms with Gasteiger partial charge in [-0.1, -0.05) is 6.08 Å². The van der Waals surface area contributed by atoms with E-state index in [0.717, 1.165) is 39.3 Å². The fraction of sp³-hybridized carbons (Fsp3) is 0.421. The maximum absolute atomic E-state index is 12.5. The first-order valence-corrected chi connectivity index (χ1v) is 9.47. The van der Waals surface area contributed by atoms with Crippen LogP contribution in [0.4, 0.5) is 0 Å². The van der Waals surface area contributed by atoms with Crippen LogP contribution >= 0.6 is 12.2 Å². The molecule has 2 heterocycles. The Hall–Kier alpha value is -2.29. The van der Waals surface area contributed by atoms with Crippen molar-refractivity contribution in [3.8, 4) is 0 Å². The Morgan fingerprint density at radius 3 is 2.89 bits per heavy atom. The number of carbonyl (C=O) groups is 1. The maximum Gasteiger partial charge on any atom is 0.262 e. The predicted molar refractivity (Wildman–Crippen MR) is 108 cm³/mol. The molecule has 0 atom stereocenters. The predicted octanol–water partition coefficient (Wildman–Crippen LogP) is 1.70. The number of hydrogen-bond acceptors (Lipinski definition) is 5. The van der Waals surface area contributed by atoms with Gasteiger partial charge in [0.2, 0.25) is 0 Å². The summed E-state index contributed by atoms with van der Waals surface area (Å²) in [5.74, 6) is -0.159. The summed E-state index contributed by atoms with van der Waals surface area (Å²) in [5, 5.41) is 3.43. The quantitative estimate of drug-likeness (QED) is 0.429. The molecule has 0 unspecified atom stereocenters. The highest BCUT2D eigenvalue weighted by molar-refractivity contribution is 7.71. The summed E-state index contributed by atoms with van der Waals surface area (Å²) in [5.41, 5.74) is 0.873. The zero-order chi connectivity index (χ0) is 19.2. The number of ether oxygens (including phenoxy) is 1. The number of aromatic amines is 1. The van der Waals surface area contributed by atoms with E-state index in [1.807, 2.05) is 0 Å². The Labute approximate surface area is 162 Å². The largest absolute Gasteiger partial charge is 0.379 e. The second kappa shape index (κ2) is 9.07. The van der Waals surface area contributed by atoms with Gasteiger partial charge in [-0.15, -0.1) is 6.58 Å². The molecule has 27 heavy (non-hydrogen) atoms. The summed E-state index contributed by atoms with van der Waals surface area (Å²) in [6, 6.07) is 4.99. The molecule has 1 aromatic carbocycles. The van der Waals surface area contributed by atoms with Crippen molar-refractivity contribution in [1.29, 1.82) is 0 Å². The standard InChI is InChI=1S/C19H24N4O3S/c1-2-7-23-18(25)15-5-4-14(13-16(15)21-19(23)27)17(24)20-6-3-8-22-9-11-26-12-10-22/h2,4-5,13H,1,3,6-12H2,(H,20,24)(H,21,27). The molecule has 0 saturated carbocycles. The van der Waals surface area contributed by atoms with Crippen molar-refractivity contribution in [2.45, 2.75) is 13.0 Å². The molecule has 7 nitrogen and oxygen atoms in total. The van der Waals surface area contributed by atoms with Crippen LogP contribution in [0, 0.1) is 4.77 Å². The van der Waals surface area contributed by atoms with Crippen molar-refractivity contribution in [2.24, 2.45) is 0 Å². The number of allylic oxidation sites excluding steroid dienone is 1. The van der Waals surface area contributed by atoms with Gasteiger partial charge in [-0.2, -0.15) is 0 Å². The summed E-state index contributed by atoms with van der Waals surface area (Å²) in [6.07, 6.45) is 2.50. The minimum Gasteiger partial charge on any atom is -0.379 e. The normalized spacial score (nSPS) is 15.0. The first-order valence-electron chi connectivity index (χ1n) is 9.06. The first-order chi connectivity index (χ1) is 13.1. The van der Waals surface area contributed by atoms with E-state index in [1.165, 1.54) is 4.57 Å². The van der Waals surface area contributed by atoms with Crippen molar-refractivity contribution < 1.29 is 9.53 Å². The van der Waals surface area contributed by atoms with Gasteiger partial charge in [0.05, 0.1) is 24.1 Å². The molecule has 1 fully saturated rings. The second-order valence-electron chi connectivity index (χ2n) is 6.46. The molecule has 1 saturated heterocycles. The van der Waals surface area contributed by atoms with Gasteiger partial charge in [-0.25, -0.2) is 0 Å². The Morgan fingerprint density at radius 2 is 2.15 bits per heavy atom. The van der Waals surface area contributed by atoms with Crippen molar-refractivity contribution in [3.63, 3.8) is 0 Å². The Bertz CT molecular complexity index is 944. The maximum atomic E-state index is 12.5. The number of amides is 1. The summed E-state index contributed by atoms with van der Waals surface area (Å²) >= 11 is 5.23. The molecule has 1 aliphatic heterocycles. The molecular weight excluding hydrogens is 364 g/mol. The van der Waals surface area contributed by atoms with Gasteiger partial charge >= 0.3 is 0 Å². The SMILES string of the molecule is C=CCn1c(=S)[nH]c2cc(C(=O)NCCCN3CCOCC3)ccc2c1=O. The number of carbonyl (C=O) groups excluding carboxylic acids is 1. The monoisotopic (exact) mass is 388 g/mol. The van der Waals surface area contributed by atoms with Crippen molar-refractivity contribution in [3.05, 3.63) is 51.5 Å². The number of aromatic nitrogens is 2. The van der Waals surface area contributed by atoms with Crippen LogP contribution in [0.2, 0.25) is 0 Å². The average Bonchev–Trinajstić information content (AvgIpc) is 2.68. The molecule has 1 aliphatic rings. The van der Waals surface area contributed by atoms with Gasteiger partial charge in [-0.05, 0) is 43.4 Å². The van der Waals surface area contributed by atoms with Crippen LogP contribution in [0.1, 0.15) is 16.8 Å². The van der Waals surface area contributed by atoms with E-state index in [1.54, 1.807) is 24.3 Å². The molecule has 8 heteroatoms. The van der Waals surface area contributed by atoms with E-state index >= 15 is 0 Å². The molecule has 144 valence electrons. The summed E-state index contributed by atoms with van der Waals surface area (Å²) in [6.45, 7) is 8.97. The Morgan fingerprint density at radius 1 is 1.37 bits per heavy atom. The lowest BCUT2D eigenvalue weighted by Gasteiger charge is -2.26. The van der Waals surface area contributed by atoms with Gasteiger partial charge in [0, 0.05) is 31.7 Å². The topological polar surface area (TPSA) is 79.4 Å². The zero-order valence-corrected chi connectivity index (χ0v) is 16.0. The second-order valence-corrected chi connectivity index (χ2v) is 6.85. The third kappa shape index (κ3) is 4.71. The number of nitrogens with zero attached hydrogens (tertiary/aromatic N) is 2. The van der Waals surface area contributed by atoms with Crippen LogP contribution in [-0.4, -0.2) is 59.8 Å². The fourth-order valence-electron chi connectivity index (χ4n) is 3.12. The lowest BCUT2D eigenvalue weighted by atomic mass is 10.1. The van der Waals surface area contributed by atoms with Gasteiger partial charge < -0.3 is 15.0 Å². The third-order valence-corrected chi connectivity index (χ3v) is 4.92. The van der Waals surface area contributed by atoms with Crippen LogP contribution in [0.15, 0.2) is 35.6 Å². The molecular formula is C19H24N4O3S. The number of hydrogen-bond donors (Lipinski definition) is 2. The smallest absolute Gasteiger partial charge is 0.262 e. The lowest BCUT2D eigenvalue weighted by molar-refractivity contribution is 0.0374. The number of rotatable bonds is 7. The average molecular weight is 388 g/mol. The Balaban J connectivity index is 1.64. The van der Waals surface area contributed by atoms with Gasteiger partial charge in [0.25, 0.3) is 11.5 Å². The molecule has 1 amide bonds. The zero-order valence-electron chi connectivity index (χ0n) is 15.2.